The van der Waals surface area contributed by atoms with E-state index in [2.05, 4.69) is 15.4 Å². The lowest BCUT2D eigenvalue weighted by Crippen LogP contribution is -2.31. The van der Waals surface area contributed by atoms with Gasteiger partial charge in [0.25, 0.3) is 0 Å². The quantitative estimate of drug-likeness (QED) is 0.774. The van der Waals surface area contributed by atoms with Gasteiger partial charge in [-0.3, -0.25) is 4.68 Å². The summed E-state index contributed by atoms with van der Waals surface area (Å²) in [5, 5.41) is 8.20. The number of benzene rings is 1. The molecule has 0 atom stereocenters. The Kier molecular flexibility index (Phi) is 4.90. The molecule has 3 rings (SSSR count). The Hall–Kier alpha value is -2.67. The largest absolute Gasteiger partial charge is 0.322 e. The summed E-state index contributed by atoms with van der Waals surface area (Å²) in [6, 6.07) is 9.50. The predicted molar refractivity (Wildman–Crippen MR) is 95.1 cm³/mol. The molecule has 0 aliphatic heterocycles. The lowest BCUT2D eigenvalue weighted by Gasteiger charge is -2.18. The highest BCUT2D eigenvalue weighted by Gasteiger charge is 2.13. The van der Waals surface area contributed by atoms with Crippen LogP contribution in [-0.4, -0.2) is 32.7 Å². The number of nitrogens with one attached hydrogen (secondary N) is 1. The van der Waals surface area contributed by atoms with Crippen LogP contribution in [0.3, 0.4) is 0 Å². The summed E-state index contributed by atoms with van der Waals surface area (Å²) in [6.45, 7) is 3.11. The summed E-state index contributed by atoms with van der Waals surface area (Å²) in [5.41, 5.74) is 1.81. The van der Waals surface area contributed by atoms with Crippen LogP contribution in [0.4, 0.5) is 10.5 Å². The van der Waals surface area contributed by atoms with E-state index >= 15 is 0 Å². The van der Waals surface area contributed by atoms with Crippen molar-refractivity contribution in [3.8, 4) is 0 Å². The lowest BCUT2D eigenvalue weighted by molar-refractivity contribution is 0.221. The molecule has 0 unspecified atom stereocenters. The fourth-order valence-electron chi connectivity index (χ4n) is 2.34. The van der Waals surface area contributed by atoms with Crippen LogP contribution in [0.1, 0.15) is 15.4 Å². The van der Waals surface area contributed by atoms with Gasteiger partial charge in [0.1, 0.15) is 0 Å². The average molecular weight is 341 g/mol. The number of rotatable bonds is 5. The van der Waals surface area contributed by atoms with Crippen LogP contribution in [0.15, 0.2) is 48.9 Å². The number of carbonyl (C=O) groups is 1. The van der Waals surface area contributed by atoms with Crippen molar-refractivity contribution in [2.45, 2.75) is 20.0 Å². The van der Waals surface area contributed by atoms with Crippen LogP contribution >= 0.6 is 11.3 Å². The average Bonchev–Trinajstić information content (AvgIpc) is 3.21. The highest BCUT2D eigenvalue weighted by atomic mass is 32.1. The molecule has 1 N–H and O–H groups in total. The second-order valence-corrected chi connectivity index (χ2v) is 6.81. The van der Waals surface area contributed by atoms with E-state index in [1.165, 1.54) is 0 Å². The zero-order valence-electron chi connectivity index (χ0n) is 13.6. The molecule has 1 aromatic carbocycles. The molecule has 0 aliphatic rings. The second kappa shape index (κ2) is 7.27. The molecule has 2 heterocycles. The van der Waals surface area contributed by atoms with Gasteiger partial charge in [0.2, 0.25) is 0 Å². The van der Waals surface area contributed by atoms with Crippen LogP contribution in [0, 0.1) is 6.92 Å². The van der Waals surface area contributed by atoms with E-state index in [0.29, 0.717) is 13.1 Å². The zero-order chi connectivity index (χ0) is 16.9. The molecule has 3 aromatic rings. The number of aryl methyl sites for hydroxylation is 1. The minimum atomic E-state index is -0.144. The summed E-state index contributed by atoms with van der Waals surface area (Å²) in [4.78, 5) is 19.4. The summed E-state index contributed by atoms with van der Waals surface area (Å²) in [7, 11) is 1.78. The van der Waals surface area contributed by atoms with Gasteiger partial charge in [0.15, 0.2) is 0 Å². The Morgan fingerprint density at radius 3 is 2.88 bits per heavy atom. The van der Waals surface area contributed by atoms with Crippen molar-refractivity contribution in [1.29, 1.82) is 0 Å². The van der Waals surface area contributed by atoms with E-state index in [0.717, 1.165) is 21.1 Å². The first kappa shape index (κ1) is 16.2. The smallest absolute Gasteiger partial charge is 0.321 e. The van der Waals surface area contributed by atoms with Crippen LogP contribution in [0.25, 0.3) is 0 Å². The van der Waals surface area contributed by atoms with Gasteiger partial charge in [0, 0.05) is 36.2 Å². The number of thiazole rings is 1. The molecule has 124 valence electrons. The second-order valence-electron chi connectivity index (χ2n) is 5.49. The number of nitrogens with zero attached hydrogens (tertiary/aromatic N) is 4. The third kappa shape index (κ3) is 3.99. The van der Waals surface area contributed by atoms with E-state index in [1.807, 2.05) is 54.3 Å². The normalized spacial score (nSPS) is 10.6. The van der Waals surface area contributed by atoms with Gasteiger partial charge in [-0.2, -0.15) is 5.10 Å². The summed E-state index contributed by atoms with van der Waals surface area (Å²) >= 11 is 1.60. The number of hydrogen-bond acceptors (Lipinski definition) is 4. The third-order valence-electron chi connectivity index (χ3n) is 3.56. The van der Waals surface area contributed by atoms with Crippen molar-refractivity contribution in [2.75, 3.05) is 12.4 Å². The maximum Gasteiger partial charge on any atom is 0.321 e. The van der Waals surface area contributed by atoms with Gasteiger partial charge >= 0.3 is 6.03 Å². The molecule has 2 amide bonds. The first-order chi connectivity index (χ1) is 11.6. The maximum atomic E-state index is 12.5. The van der Waals surface area contributed by atoms with E-state index < -0.39 is 0 Å². The molecule has 0 aliphatic carbocycles. The standard InChI is InChI=1S/C17H19N5OS/c1-13-18-10-15(24-13)12-21(2)17(23)20-16-7-4-3-6-14(16)11-22-9-5-8-19-22/h3-10H,11-12H2,1-2H3,(H,20,23). The number of amides is 2. The van der Waals surface area contributed by atoms with Gasteiger partial charge in [-0.05, 0) is 24.6 Å². The zero-order valence-corrected chi connectivity index (χ0v) is 14.5. The van der Waals surface area contributed by atoms with Crippen LogP contribution in [-0.2, 0) is 13.1 Å². The highest BCUT2D eigenvalue weighted by Crippen LogP contribution is 2.18. The lowest BCUT2D eigenvalue weighted by atomic mass is 10.2. The fraction of sp³-hybridized carbons (Fsp3) is 0.235. The van der Waals surface area contributed by atoms with Crippen molar-refractivity contribution in [2.24, 2.45) is 0 Å². The Bertz CT molecular complexity index is 812. The monoisotopic (exact) mass is 341 g/mol. The number of urea groups is 1. The van der Waals surface area contributed by atoms with Crippen LogP contribution in [0.2, 0.25) is 0 Å². The summed E-state index contributed by atoms with van der Waals surface area (Å²) in [6.07, 6.45) is 5.46. The molecule has 0 saturated heterocycles. The van der Waals surface area contributed by atoms with E-state index in [9.17, 15) is 4.79 Å². The van der Waals surface area contributed by atoms with Crippen LogP contribution in [0.5, 0.6) is 0 Å². The highest BCUT2D eigenvalue weighted by molar-refractivity contribution is 7.11. The van der Waals surface area contributed by atoms with Gasteiger partial charge in [-0.25, -0.2) is 9.78 Å². The molecule has 0 fully saturated rings. The molecule has 2 aromatic heterocycles. The molecular weight excluding hydrogens is 322 g/mol. The van der Waals surface area contributed by atoms with E-state index in [-0.39, 0.29) is 6.03 Å². The number of hydrogen-bond donors (Lipinski definition) is 1. The minimum absolute atomic E-state index is 0.144. The van der Waals surface area contributed by atoms with Crippen molar-refractivity contribution in [1.82, 2.24) is 19.7 Å². The Labute approximate surface area is 144 Å². The SMILES string of the molecule is Cc1ncc(CN(C)C(=O)Nc2ccccc2Cn2cccn2)s1. The number of anilines is 1. The van der Waals surface area contributed by atoms with Crippen molar-refractivity contribution >= 4 is 23.1 Å². The summed E-state index contributed by atoms with van der Waals surface area (Å²) < 4.78 is 1.83. The number of para-hydroxylation sites is 1. The van der Waals surface area contributed by atoms with E-state index in [4.69, 9.17) is 0 Å². The first-order valence-corrected chi connectivity index (χ1v) is 8.42. The minimum Gasteiger partial charge on any atom is -0.322 e. The molecular formula is C17H19N5OS. The van der Waals surface area contributed by atoms with Gasteiger partial charge < -0.3 is 10.2 Å². The molecule has 6 nitrogen and oxygen atoms in total. The predicted octanol–water partition coefficient (Wildman–Crippen LogP) is 3.36. The molecule has 0 bridgehead atoms. The van der Waals surface area contributed by atoms with Crippen molar-refractivity contribution in [3.05, 3.63) is 64.4 Å². The molecule has 0 saturated carbocycles. The fourth-order valence-corrected chi connectivity index (χ4v) is 3.19. The third-order valence-corrected chi connectivity index (χ3v) is 4.46. The van der Waals surface area contributed by atoms with Crippen molar-refractivity contribution < 1.29 is 4.79 Å². The summed E-state index contributed by atoms with van der Waals surface area (Å²) in [5.74, 6) is 0. The van der Waals surface area contributed by atoms with Crippen LogP contribution < -0.4 is 5.32 Å². The topological polar surface area (TPSA) is 63.1 Å². The van der Waals surface area contributed by atoms with Gasteiger partial charge in [0.05, 0.1) is 18.1 Å². The van der Waals surface area contributed by atoms with E-state index in [1.54, 1.807) is 29.5 Å². The first-order valence-electron chi connectivity index (χ1n) is 7.60. The molecule has 0 radical (unpaired) electrons. The molecule has 7 heteroatoms. The molecule has 0 spiro atoms. The Morgan fingerprint density at radius 2 is 2.17 bits per heavy atom. The maximum absolute atomic E-state index is 12.5. The number of aromatic nitrogens is 3. The van der Waals surface area contributed by atoms with Crippen molar-refractivity contribution in [3.63, 3.8) is 0 Å². The van der Waals surface area contributed by atoms with Gasteiger partial charge in [-0.1, -0.05) is 18.2 Å². The number of carbonyl (C=O) groups excluding carboxylic acids is 1. The molecule has 24 heavy (non-hydrogen) atoms. The Morgan fingerprint density at radius 1 is 1.33 bits per heavy atom. The van der Waals surface area contributed by atoms with Gasteiger partial charge in [-0.15, -0.1) is 11.3 Å². The Balaban J connectivity index is 1.67.